The van der Waals surface area contributed by atoms with Crippen molar-refractivity contribution in [2.45, 2.75) is 19.9 Å². The highest BCUT2D eigenvalue weighted by atomic mass is 16.1. The van der Waals surface area contributed by atoms with Gasteiger partial charge in [-0.1, -0.05) is 13.8 Å². The number of hydrogen-bond acceptors (Lipinski definition) is 2. The van der Waals surface area contributed by atoms with Gasteiger partial charge in [-0.05, 0) is 26.4 Å². The summed E-state index contributed by atoms with van der Waals surface area (Å²) in [4.78, 5) is 12.4. The summed E-state index contributed by atoms with van der Waals surface area (Å²) < 4.78 is 0. The molecule has 0 heterocycles. The van der Waals surface area contributed by atoms with Crippen molar-refractivity contribution < 1.29 is 4.79 Å². The third-order valence-corrected chi connectivity index (χ3v) is 1.49. The fourth-order valence-electron chi connectivity index (χ4n) is 1.00. The van der Waals surface area contributed by atoms with E-state index in [-0.39, 0.29) is 11.5 Å². The van der Waals surface area contributed by atoms with E-state index in [1.807, 2.05) is 32.8 Å². The lowest BCUT2D eigenvalue weighted by Gasteiger charge is -2.31. The second kappa shape index (κ2) is 3.15. The summed E-state index contributed by atoms with van der Waals surface area (Å²) in [7, 11) is 3.76. The minimum Gasteiger partial charge on any atom is -0.302 e. The number of hydrogen-bond donors (Lipinski definition) is 0. The summed E-state index contributed by atoms with van der Waals surface area (Å²) in [6, 6.07) is -0.0903. The van der Waals surface area contributed by atoms with E-state index < -0.39 is 0 Å². The Bertz CT molecular complexity index is 113. The van der Waals surface area contributed by atoms with Crippen LogP contribution in [-0.2, 0) is 4.79 Å². The van der Waals surface area contributed by atoms with Crippen molar-refractivity contribution in [3.8, 4) is 0 Å². The summed E-state index contributed by atoms with van der Waals surface area (Å²) in [6.07, 6.45) is 0.938. The van der Waals surface area contributed by atoms with E-state index in [1.165, 1.54) is 0 Å². The molecule has 0 saturated carbocycles. The lowest BCUT2D eigenvalue weighted by molar-refractivity contribution is -0.114. The maximum atomic E-state index is 10.5. The number of rotatable bonds is 3. The van der Waals surface area contributed by atoms with Gasteiger partial charge in [0.2, 0.25) is 0 Å². The molecule has 0 aliphatic carbocycles. The lowest BCUT2D eigenvalue weighted by Crippen LogP contribution is -2.40. The SMILES string of the molecule is [CH2]C(C)(C)[C@@H](C=O)N(C)C. The lowest BCUT2D eigenvalue weighted by atomic mass is 9.87. The fourth-order valence-corrected chi connectivity index (χ4v) is 1.00. The van der Waals surface area contributed by atoms with Crippen LogP contribution < -0.4 is 0 Å². The van der Waals surface area contributed by atoms with E-state index in [0.29, 0.717) is 0 Å². The Morgan fingerprint density at radius 3 is 1.90 bits per heavy atom. The van der Waals surface area contributed by atoms with Gasteiger partial charge >= 0.3 is 0 Å². The maximum absolute atomic E-state index is 10.5. The number of carbonyl (C=O) groups excluding carboxylic acids is 1. The van der Waals surface area contributed by atoms with Gasteiger partial charge in [0.25, 0.3) is 0 Å². The van der Waals surface area contributed by atoms with E-state index in [2.05, 4.69) is 6.92 Å². The molecule has 0 bridgehead atoms. The Kier molecular flexibility index (Phi) is 3.03. The Morgan fingerprint density at radius 1 is 1.50 bits per heavy atom. The molecule has 0 amide bonds. The van der Waals surface area contributed by atoms with Gasteiger partial charge in [-0.15, -0.1) is 0 Å². The Balaban J connectivity index is 4.21. The molecule has 1 atom stereocenters. The Morgan fingerprint density at radius 2 is 1.90 bits per heavy atom. The molecule has 0 aliphatic heterocycles. The summed E-state index contributed by atoms with van der Waals surface area (Å²) >= 11 is 0. The molecular weight excluding hydrogens is 126 g/mol. The molecule has 0 unspecified atom stereocenters. The number of likely N-dealkylation sites (N-methyl/N-ethyl adjacent to an activating group) is 1. The molecule has 0 aromatic rings. The van der Waals surface area contributed by atoms with Gasteiger partial charge in [-0.3, -0.25) is 4.90 Å². The second-order valence-corrected chi connectivity index (χ2v) is 3.53. The van der Waals surface area contributed by atoms with E-state index >= 15 is 0 Å². The molecule has 2 nitrogen and oxygen atoms in total. The molecule has 10 heavy (non-hydrogen) atoms. The highest BCUT2D eigenvalue weighted by Crippen LogP contribution is 2.19. The summed E-state index contributed by atoms with van der Waals surface area (Å²) in [5.74, 6) is 0. The predicted molar refractivity (Wildman–Crippen MR) is 42.7 cm³/mol. The van der Waals surface area contributed by atoms with Crippen molar-refractivity contribution in [3.05, 3.63) is 6.92 Å². The predicted octanol–water partition coefficient (Wildman–Crippen LogP) is 0.976. The van der Waals surface area contributed by atoms with Crippen LogP contribution in [0.4, 0.5) is 0 Å². The molecule has 0 spiro atoms. The van der Waals surface area contributed by atoms with Crippen LogP contribution in [0.15, 0.2) is 0 Å². The van der Waals surface area contributed by atoms with Crippen LogP contribution >= 0.6 is 0 Å². The fraction of sp³-hybridized carbons (Fsp3) is 0.750. The van der Waals surface area contributed by atoms with E-state index in [4.69, 9.17) is 0 Å². The molecule has 0 aromatic heterocycles. The molecule has 2 heteroatoms. The van der Waals surface area contributed by atoms with Gasteiger partial charge in [0, 0.05) is 0 Å². The third kappa shape index (κ3) is 2.48. The highest BCUT2D eigenvalue weighted by molar-refractivity contribution is 5.59. The van der Waals surface area contributed by atoms with Gasteiger partial charge in [-0.25, -0.2) is 0 Å². The first-order valence-electron chi connectivity index (χ1n) is 3.36. The first kappa shape index (κ1) is 9.63. The topological polar surface area (TPSA) is 20.3 Å². The first-order valence-corrected chi connectivity index (χ1v) is 3.36. The monoisotopic (exact) mass is 142 g/mol. The van der Waals surface area contributed by atoms with Gasteiger partial charge in [0.1, 0.15) is 6.29 Å². The van der Waals surface area contributed by atoms with Crippen LogP contribution in [0, 0.1) is 12.3 Å². The van der Waals surface area contributed by atoms with Gasteiger partial charge in [-0.2, -0.15) is 0 Å². The molecule has 0 aliphatic rings. The zero-order chi connectivity index (χ0) is 8.36. The van der Waals surface area contributed by atoms with Crippen LogP contribution in [-0.4, -0.2) is 31.3 Å². The maximum Gasteiger partial charge on any atom is 0.137 e. The largest absolute Gasteiger partial charge is 0.302 e. The molecule has 59 valence electrons. The van der Waals surface area contributed by atoms with Crippen molar-refractivity contribution in [1.29, 1.82) is 0 Å². The normalized spacial score (nSPS) is 15.4. The first-order chi connectivity index (χ1) is 4.39. The van der Waals surface area contributed by atoms with Gasteiger partial charge in [0.15, 0.2) is 0 Å². The molecular formula is C8H16NO. The van der Waals surface area contributed by atoms with Crippen LogP contribution in [0.1, 0.15) is 13.8 Å². The Hall–Kier alpha value is -0.370. The van der Waals surface area contributed by atoms with Crippen LogP contribution in [0.5, 0.6) is 0 Å². The molecule has 0 N–H and O–H groups in total. The van der Waals surface area contributed by atoms with E-state index in [0.717, 1.165) is 6.29 Å². The molecule has 1 radical (unpaired) electrons. The zero-order valence-corrected chi connectivity index (χ0v) is 7.22. The van der Waals surface area contributed by atoms with E-state index in [9.17, 15) is 4.79 Å². The van der Waals surface area contributed by atoms with Crippen molar-refractivity contribution in [2.24, 2.45) is 5.41 Å². The smallest absolute Gasteiger partial charge is 0.137 e. The zero-order valence-electron chi connectivity index (χ0n) is 7.22. The average Bonchev–Trinajstić information content (AvgIpc) is 1.60. The van der Waals surface area contributed by atoms with Crippen molar-refractivity contribution in [1.82, 2.24) is 4.90 Å². The third-order valence-electron chi connectivity index (χ3n) is 1.49. The van der Waals surface area contributed by atoms with E-state index in [1.54, 1.807) is 0 Å². The average molecular weight is 142 g/mol. The van der Waals surface area contributed by atoms with Crippen molar-refractivity contribution in [2.75, 3.05) is 14.1 Å². The summed E-state index contributed by atoms with van der Waals surface area (Å²) in [5.41, 5.74) is -0.203. The minimum absolute atomic E-state index is 0.0903. The molecule has 0 rings (SSSR count). The number of aldehydes is 1. The quantitative estimate of drug-likeness (QED) is 0.547. The summed E-state index contributed by atoms with van der Waals surface area (Å²) in [6.45, 7) is 7.79. The van der Waals surface area contributed by atoms with Crippen LogP contribution in [0.2, 0.25) is 0 Å². The summed E-state index contributed by atoms with van der Waals surface area (Å²) in [5, 5.41) is 0. The number of carbonyl (C=O) groups is 1. The number of nitrogens with zero attached hydrogens (tertiary/aromatic N) is 1. The van der Waals surface area contributed by atoms with Crippen LogP contribution in [0.25, 0.3) is 0 Å². The molecule has 0 fully saturated rings. The van der Waals surface area contributed by atoms with Crippen molar-refractivity contribution in [3.63, 3.8) is 0 Å². The van der Waals surface area contributed by atoms with Gasteiger partial charge in [0.05, 0.1) is 6.04 Å². The minimum atomic E-state index is -0.203. The highest BCUT2D eigenvalue weighted by Gasteiger charge is 2.25. The Labute approximate surface area is 63.2 Å². The molecule has 0 saturated heterocycles. The van der Waals surface area contributed by atoms with Crippen LogP contribution in [0.3, 0.4) is 0 Å². The van der Waals surface area contributed by atoms with Gasteiger partial charge < -0.3 is 4.79 Å². The standard InChI is InChI=1S/C8H16NO/c1-8(2,3)7(6-10)9(4)5/h6-7H,1H2,2-5H3/t7-/m1/s1. The molecule has 0 aromatic carbocycles. The second-order valence-electron chi connectivity index (χ2n) is 3.53. The van der Waals surface area contributed by atoms with Crippen molar-refractivity contribution >= 4 is 6.29 Å².